The van der Waals surface area contributed by atoms with Crippen molar-refractivity contribution >= 4 is 22.5 Å². The third-order valence-corrected chi connectivity index (χ3v) is 5.13. The molecule has 0 saturated carbocycles. The Labute approximate surface area is 169 Å². The molecule has 1 aliphatic heterocycles. The number of benzene rings is 2. The molecule has 0 bridgehead atoms. The summed E-state index contributed by atoms with van der Waals surface area (Å²) in [4.78, 5) is 21.5. The van der Waals surface area contributed by atoms with Crippen LogP contribution in [-0.2, 0) is 0 Å². The number of hydrogen-bond acceptors (Lipinski definition) is 5. The van der Waals surface area contributed by atoms with Crippen molar-refractivity contribution in [1.82, 2.24) is 9.88 Å². The zero-order valence-electron chi connectivity index (χ0n) is 16.3. The maximum absolute atomic E-state index is 13.0. The van der Waals surface area contributed by atoms with Gasteiger partial charge in [0.25, 0.3) is 5.91 Å². The molecule has 0 atom stereocenters. The van der Waals surface area contributed by atoms with E-state index in [1.807, 2.05) is 66.4 Å². The minimum atomic E-state index is -0.00833. The summed E-state index contributed by atoms with van der Waals surface area (Å²) < 4.78 is 5.62. The van der Waals surface area contributed by atoms with Gasteiger partial charge in [0.15, 0.2) is 0 Å². The van der Waals surface area contributed by atoms with Gasteiger partial charge in [0.2, 0.25) is 0 Å². The summed E-state index contributed by atoms with van der Waals surface area (Å²) >= 11 is 0. The number of amides is 1. The smallest absolute Gasteiger partial charge is 0.257 e. The molecule has 146 valence electrons. The van der Waals surface area contributed by atoms with Crippen molar-refractivity contribution in [2.75, 3.05) is 37.7 Å². The lowest BCUT2D eigenvalue weighted by atomic mass is 10.1. The van der Waals surface area contributed by atoms with Crippen molar-refractivity contribution in [3.63, 3.8) is 0 Å². The third-order valence-electron chi connectivity index (χ3n) is 5.13. The number of aromatic nitrogens is 1. The first kappa shape index (κ1) is 18.8. The van der Waals surface area contributed by atoms with E-state index in [0.717, 1.165) is 16.6 Å². The van der Waals surface area contributed by atoms with E-state index < -0.39 is 0 Å². The first-order valence-electron chi connectivity index (χ1n) is 9.77. The molecule has 0 unspecified atom stereocenters. The minimum absolute atomic E-state index is 0.00833. The van der Waals surface area contributed by atoms with Gasteiger partial charge in [0.05, 0.1) is 17.7 Å². The summed E-state index contributed by atoms with van der Waals surface area (Å²) in [6.45, 7) is 5.04. The summed E-state index contributed by atoms with van der Waals surface area (Å²) in [6, 6.07) is 19.2. The predicted octanol–water partition coefficient (Wildman–Crippen LogP) is 3.47. The van der Waals surface area contributed by atoms with E-state index in [1.165, 1.54) is 0 Å². The molecule has 6 nitrogen and oxygen atoms in total. The highest BCUT2D eigenvalue weighted by Gasteiger charge is 2.25. The molecular formula is C23H22N4O2. The average Bonchev–Trinajstić information content (AvgIpc) is 2.78. The van der Waals surface area contributed by atoms with Crippen LogP contribution in [0.2, 0.25) is 0 Å². The van der Waals surface area contributed by atoms with Gasteiger partial charge >= 0.3 is 0 Å². The fourth-order valence-electron chi connectivity index (χ4n) is 3.72. The number of anilines is 1. The Bertz CT molecular complexity index is 1080. The monoisotopic (exact) mass is 386 g/mol. The Morgan fingerprint density at radius 3 is 2.59 bits per heavy atom. The van der Waals surface area contributed by atoms with Gasteiger partial charge in [-0.3, -0.25) is 4.79 Å². The van der Waals surface area contributed by atoms with Gasteiger partial charge in [-0.2, -0.15) is 5.26 Å². The molecule has 1 aliphatic rings. The number of nitriles is 1. The number of hydrogen-bond donors (Lipinski definition) is 0. The van der Waals surface area contributed by atoms with Crippen LogP contribution in [0, 0.1) is 11.3 Å². The lowest BCUT2D eigenvalue weighted by Gasteiger charge is -2.36. The number of carbonyl (C=O) groups is 1. The molecule has 0 N–H and O–H groups in total. The highest BCUT2D eigenvalue weighted by atomic mass is 16.5. The topological polar surface area (TPSA) is 69.5 Å². The lowest BCUT2D eigenvalue weighted by Crippen LogP contribution is -2.49. The van der Waals surface area contributed by atoms with E-state index in [4.69, 9.17) is 4.74 Å². The van der Waals surface area contributed by atoms with E-state index in [2.05, 4.69) is 16.0 Å². The van der Waals surface area contributed by atoms with Gasteiger partial charge in [-0.25, -0.2) is 4.98 Å². The quantitative estimate of drug-likeness (QED) is 0.687. The molecule has 0 spiro atoms. The molecule has 1 fully saturated rings. The Morgan fingerprint density at radius 1 is 1.10 bits per heavy atom. The van der Waals surface area contributed by atoms with Crippen LogP contribution in [0.15, 0.2) is 54.6 Å². The second-order valence-corrected chi connectivity index (χ2v) is 6.86. The summed E-state index contributed by atoms with van der Waals surface area (Å²) in [5, 5.41) is 10.4. The van der Waals surface area contributed by atoms with Crippen molar-refractivity contribution in [3.05, 3.63) is 65.9 Å². The normalized spacial score (nSPS) is 13.9. The Hall–Kier alpha value is -3.59. The molecule has 2 aromatic carbocycles. The molecule has 29 heavy (non-hydrogen) atoms. The van der Waals surface area contributed by atoms with Gasteiger partial charge in [0, 0.05) is 37.3 Å². The molecular weight excluding hydrogens is 364 g/mol. The highest BCUT2D eigenvalue weighted by molar-refractivity contribution is 5.97. The van der Waals surface area contributed by atoms with Gasteiger partial charge < -0.3 is 14.5 Å². The number of rotatable bonds is 4. The van der Waals surface area contributed by atoms with Crippen molar-refractivity contribution in [2.45, 2.75) is 6.92 Å². The number of ether oxygens (including phenoxy) is 1. The van der Waals surface area contributed by atoms with Crippen LogP contribution in [0.4, 0.5) is 5.69 Å². The van der Waals surface area contributed by atoms with Gasteiger partial charge in [0.1, 0.15) is 17.5 Å². The lowest BCUT2D eigenvalue weighted by molar-refractivity contribution is 0.0742. The Kier molecular flexibility index (Phi) is 5.30. The summed E-state index contributed by atoms with van der Waals surface area (Å²) in [6.07, 6.45) is 0. The van der Waals surface area contributed by atoms with Crippen LogP contribution in [0.25, 0.3) is 10.9 Å². The molecule has 0 aliphatic carbocycles. The van der Waals surface area contributed by atoms with Crippen LogP contribution in [0.5, 0.6) is 5.75 Å². The van der Waals surface area contributed by atoms with Gasteiger partial charge in [-0.15, -0.1) is 0 Å². The molecule has 1 amide bonds. The Balaban J connectivity index is 1.54. The Morgan fingerprint density at radius 2 is 1.83 bits per heavy atom. The van der Waals surface area contributed by atoms with Crippen LogP contribution in [-0.4, -0.2) is 48.6 Å². The second kappa shape index (κ2) is 8.19. The van der Waals surface area contributed by atoms with Crippen LogP contribution in [0.3, 0.4) is 0 Å². The van der Waals surface area contributed by atoms with Crippen molar-refractivity contribution < 1.29 is 9.53 Å². The first-order valence-corrected chi connectivity index (χ1v) is 9.77. The molecule has 3 aromatic rings. The molecule has 4 rings (SSSR count). The van der Waals surface area contributed by atoms with Crippen molar-refractivity contribution in [2.24, 2.45) is 0 Å². The molecule has 1 aromatic heterocycles. The second-order valence-electron chi connectivity index (χ2n) is 6.86. The third kappa shape index (κ3) is 3.72. The number of carbonyl (C=O) groups excluding carboxylic acids is 1. The van der Waals surface area contributed by atoms with E-state index >= 15 is 0 Å². The zero-order chi connectivity index (χ0) is 20.2. The molecule has 2 heterocycles. The molecule has 1 saturated heterocycles. The maximum atomic E-state index is 13.0. The van der Waals surface area contributed by atoms with Gasteiger partial charge in [-0.05, 0) is 31.2 Å². The fourth-order valence-corrected chi connectivity index (χ4v) is 3.72. The van der Waals surface area contributed by atoms with Crippen molar-refractivity contribution in [3.8, 4) is 11.8 Å². The van der Waals surface area contributed by atoms with E-state index in [9.17, 15) is 10.1 Å². The van der Waals surface area contributed by atoms with Crippen LogP contribution < -0.4 is 9.64 Å². The number of pyridine rings is 1. The minimum Gasteiger partial charge on any atom is -0.493 e. The van der Waals surface area contributed by atoms with E-state index in [0.29, 0.717) is 49.8 Å². The highest BCUT2D eigenvalue weighted by Crippen LogP contribution is 2.28. The predicted molar refractivity (Wildman–Crippen MR) is 112 cm³/mol. The summed E-state index contributed by atoms with van der Waals surface area (Å²) in [5.41, 5.74) is 2.81. The summed E-state index contributed by atoms with van der Waals surface area (Å²) in [5.74, 6) is 0.618. The largest absolute Gasteiger partial charge is 0.493 e. The SMILES string of the molecule is CCOc1ccccc1C(=O)N1CCN(c2cc(C#N)nc3ccccc23)CC1. The molecule has 6 heteroatoms. The summed E-state index contributed by atoms with van der Waals surface area (Å²) in [7, 11) is 0. The van der Waals surface area contributed by atoms with Gasteiger partial charge in [-0.1, -0.05) is 30.3 Å². The standard InChI is InChI=1S/C23H22N4O2/c1-2-29-22-10-6-4-8-19(22)23(28)27-13-11-26(12-14-27)21-15-17(16-24)25-20-9-5-3-7-18(20)21/h3-10,15H,2,11-14H2,1H3. The maximum Gasteiger partial charge on any atom is 0.257 e. The van der Waals surface area contributed by atoms with Crippen LogP contribution >= 0.6 is 0 Å². The number of fused-ring (bicyclic) bond motifs is 1. The number of para-hydroxylation sites is 2. The average molecular weight is 386 g/mol. The van der Waals surface area contributed by atoms with Crippen molar-refractivity contribution in [1.29, 1.82) is 5.26 Å². The molecule has 0 radical (unpaired) electrons. The van der Waals surface area contributed by atoms with Crippen LogP contribution in [0.1, 0.15) is 23.0 Å². The van der Waals surface area contributed by atoms with E-state index in [1.54, 1.807) is 0 Å². The number of nitrogens with zero attached hydrogens (tertiary/aromatic N) is 4. The fraction of sp³-hybridized carbons (Fsp3) is 0.261. The first-order chi connectivity index (χ1) is 14.2. The zero-order valence-corrected chi connectivity index (χ0v) is 16.3. The van der Waals surface area contributed by atoms with E-state index in [-0.39, 0.29) is 5.91 Å². The number of piperazine rings is 1.